The van der Waals surface area contributed by atoms with Gasteiger partial charge in [-0.3, -0.25) is 14.2 Å². The number of rotatable bonds is 6. The third kappa shape index (κ3) is 3.96. The summed E-state index contributed by atoms with van der Waals surface area (Å²) in [4.78, 5) is 29.8. The predicted molar refractivity (Wildman–Crippen MR) is 107 cm³/mol. The van der Waals surface area contributed by atoms with Gasteiger partial charge >= 0.3 is 0 Å². The lowest BCUT2D eigenvalue weighted by molar-refractivity contribution is -0.113. The molecule has 0 aliphatic rings. The van der Waals surface area contributed by atoms with Crippen LogP contribution in [-0.4, -0.2) is 21.2 Å². The molecule has 2 aromatic carbocycles. The van der Waals surface area contributed by atoms with Crippen molar-refractivity contribution in [2.75, 3.05) is 11.1 Å². The molecule has 1 atom stereocenters. The van der Waals surface area contributed by atoms with Crippen LogP contribution in [0.1, 0.15) is 26.3 Å². The lowest BCUT2D eigenvalue weighted by Gasteiger charge is -2.18. The molecule has 134 valence electrons. The van der Waals surface area contributed by atoms with Gasteiger partial charge in [-0.25, -0.2) is 4.98 Å². The van der Waals surface area contributed by atoms with E-state index < -0.39 is 0 Å². The second-order valence-electron chi connectivity index (χ2n) is 6.05. The van der Waals surface area contributed by atoms with E-state index in [1.807, 2.05) is 62.4 Å². The molecule has 0 aliphatic heterocycles. The zero-order valence-corrected chi connectivity index (χ0v) is 15.6. The van der Waals surface area contributed by atoms with Gasteiger partial charge in [-0.2, -0.15) is 0 Å². The van der Waals surface area contributed by atoms with E-state index >= 15 is 0 Å². The average Bonchev–Trinajstić information content (AvgIpc) is 2.67. The Morgan fingerprint density at radius 3 is 2.58 bits per heavy atom. The standard InChI is InChI=1S/C20H21N3O2S/c1-3-14(2)23-19(25)16-11-7-8-12-17(16)22-20(23)26-13-18(24)21-15-9-5-4-6-10-15/h4-12,14H,3,13H2,1-2H3,(H,21,24). The minimum Gasteiger partial charge on any atom is -0.325 e. The number of aromatic nitrogens is 2. The predicted octanol–water partition coefficient (Wildman–Crippen LogP) is 4.10. The fourth-order valence-corrected chi connectivity index (χ4v) is 3.54. The van der Waals surface area contributed by atoms with Crippen LogP contribution < -0.4 is 10.9 Å². The topological polar surface area (TPSA) is 64.0 Å². The van der Waals surface area contributed by atoms with Gasteiger partial charge in [0.15, 0.2) is 5.16 Å². The molecule has 1 N–H and O–H groups in total. The summed E-state index contributed by atoms with van der Waals surface area (Å²) in [7, 11) is 0. The molecule has 3 aromatic rings. The quantitative estimate of drug-likeness (QED) is 0.526. The minimum atomic E-state index is -0.126. The highest BCUT2D eigenvalue weighted by atomic mass is 32.2. The third-order valence-electron chi connectivity index (χ3n) is 4.20. The molecule has 1 heterocycles. The van der Waals surface area contributed by atoms with Crippen molar-refractivity contribution in [2.45, 2.75) is 31.5 Å². The van der Waals surface area contributed by atoms with Gasteiger partial charge < -0.3 is 5.32 Å². The summed E-state index contributed by atoms with van der Waals surface area (Å²) in [6.07, 6.45) is 0.809. The van der Waals surface area contributed by atoms with Gasteiger partial charge in [-0.1, -0.05) is 49.0 Å². The number of carbonyl (C=O) groups excluding carboxylic acids is 1. The van der Waals surface area contributed by atoms with E-state index in [1.54, 1.807) is 10.6 Å². The SMILES string of the molecule is CCC(C)n1c(SCC(=O)Nc2ccccc2)nc2ccccc2c1=O. The molecule has 0 saturated heterocycles. The van der Waals surface area contributed by atoms with Crippen LogP contribution in [0.5, 0.6) is 0 Å². The molecule has 0 fully saturated rings. The van der Waals surface area contributed by atoms with Gasteiger partial charge in [0.2, 0.25) is 5.91 Å². The molecule has 0 saturated carbocycles. The van der Waals surface area contributed by atoms with E-state index in [2.05, 4.69) is 10.3 Å². The van der Waals surface area contributed by atoms with Gasteiger partial charge in [0.05, 0.1) is 16.7 Å². The maximum Gasteiger partial charge on any atom is 0.262 e. The summed E-state index contributed by atoms with van der Waals surface area (Å²) in [6.45, 7) is 4.02. The lowest BCUT2D eigenvalue weighted by Crippen LogP contribution is -2.26. The molecule has 1 amide bonds. The first kappa shape index (κ1) is 18.2. The molecular weight excluding hydrogens is 346 g/mol. The van der Waals surface area contributed by atoms with Gasteiger partial charge in [0, 0.05) is 11.7 Å². The van der Waals surface area contributed by atoms with Crippen LogP contribution in [0.3, 0.4) is 0 Å². The molecule has 0 radical (unpaired) electrons. The van der Waals surface area contributed by atoms with Crippen LogP contribution in [0.2, 0.25) is 0 Å². The number of para-hydroxylation sites is 2. The fraction of sp³-hybridized carbons (Fsp3) is 0.250. The minimum absolute atomic E-state index is 0.0132. The van der Waals surface area contributed by atoms with Crippen LogP contribution in [0.25, 0.3) is 10.9 Å². The number of hydrogen-bond acceptors (Lipinski definition) is 4. The Bertz CT molecular complexity index is 970. The van der Waals surface area contributed by atoms with Gasteiger partial charge in [-0.15, -0.1) is 0 Å². The normalized spacial score (nSPS) is 12.1. The first-order chi connectivity index (χ1) is 12.6. The highest BCUT2D eigenvalue weighted by Crippen LogP contribution is 2.22. The van der Waals surface area contributed by atoms with Crippen molar-refractivity contribution >= 4 is 34.3 Å². The van der Waals surface area contributed by atoms with Crippen molar-refractivity contribution in [3.63, 3.8) is 0 Å². The van der Waals surface area contributed by atoms with Crippen LogP contribution in [0.15, 0.2) is 64.5 Å². The van der Waals surface area contributed by atoms with E-state index in [0.717, 1.165) is 12.1 Å². The Labute approximate surface area is 156 Å². The Kier molecular flexibility index (Phi) is 5.73. The van der Waals surface area contributed by atoms with E-state index in [-0.39, 0.29) is 23.3 Å². The molecule has 0 aliphatic carbocycles. The second-order valence-corrected chi connectivity index (χ2v) is 6.99. The molecule has 1 aromatic heterocycles. The summed E-state index contributed by atoms with van der Waals surface area (Å²) < 4.78 is 1.70. The Morgan fingerprint density at radius 1 is 1.15 bits per heavy atom. The molecule has 1 unspecified atom stereocenters. The Hall–Kier alpha value is -2.60. The van der Waals surface area contributed by atoms with Crippen molar-refractivity contribution in [3.8, 4) is 0 Å². The summed E-state index contributed by atoms with van der Waals surface area (Å²) in [5.41, 5.74) is 1.35. The second kappa shape index (κ2) is 8.19. The number of fused-ring (bicyclic) bond motifs is 1. The van der Waals surface area contributed by atoms with E-state index in [4.69, 9.17) is 0 Å². The highest BCUT2D eigenvalue weighted by Gasteiger charge is 2.16. The van der Waals surface area contributed by atoms with Crippen molar-refractivity contribution in [1.29, 1.82) is 0 Å². The summed E-state index contributed by atoms with van der Waals surface area (Å²) in [5, 5.41) is 4.03. The molecule has 0 spiro atoms. The zero-order valence-electron chi connectivity index (χ0n) is 14.8. The Balaban J connectivity index is 1.86. The first-order valence-corrected chi connectivity index (χ1v) is 9.57. The number of amides is 1. The van der Waals surface area contributed by atoms with Gasteiger partial charge in [-0.05, 0) is 37.6 Å². The number of thioether (sulfide) groups is 1. The highest BCUT2D eigenvalue weighted by molar-refractivity contribution is 7.99. The number of benzene rings is 2. The monoisotopic (exact) mass is 367 g/mol. The van der Waals surface area contributed by atoms with Crippen molar-refractivity contribution in [2.24, 2.45) is 0 Å². The van der Waals surface area contributed by atoms with Crippen molar-refractivity contribution in [3.05, 3.63) is 65.0 Å². The number of anilines is 1. The van der Waals surface area contributed by atoms with E-state index in [1.165, 1.54) is 11.8 Å². The summed E-state index contributed by atoms with van der Waals surface area (Å²) in [6, 6.07) is 16.6. The smallest absolute Gasteiger partial charge is 0.262 e. The molecule has 3 rings (SSSR count). The third-order valence-corrected chi connectivity index (χ3v) is 5.15. The number of carbonyl (C=O) groups is 1. The van der Waals surface area contributed by atoms with Crippen molar-refractivity contribution < 1.29 is 4.79 Å². The number of nitrogens with zero attached hydrogens (tertiary/aromatic N) is 2. The molecule has 5 nitrogen and oxygen atoms in total. The molecule has 26 heavy (non-hydrogen) atoms. The number of hydrogen-bond donors (Lipinski definition) is 1. The van der Waals surface area contributed by atoms with Crippen LogP contribution in [0.4, 0.5) is 5.69 Å². The maximum atomic E-state index is 12.9. The summed E-state index contributed by atoms with van der Waals surface area (Å²) >= 11 is 1.29. The van der Waals surface area contributed by atoms with Crippen LogP contribution in [0, 0.1) is 0 Å². The van der Waals surface area contributed by atoms with Gasteiger partial charge in [0.25, 0.3) is 5.56 Å². The fourth-order valence-electron chi connectivity index (χ4n) is 2.65. The Morgan fingerprint density at radius 2 is 1.85 bits per heavy atom. The zero-order chi connectivity index (χ0) is 18.5. The summed E-state index contributed by atoms with van der Waals surface area (Å²) in [5.74, 6) is 0.0649. The lowest BCUT2D eigenvalue weighted by atomic mass is 10.2. The molecular formula is C20H21N3O2S. The average molecular weight is 367 g/mol. The van der Waals surface area contributed by atoms with Crippen LogP contribution >= 0.6 is 11.8 Å². The van der Waals surface area contributed by atoms with E-state index in [9.17, 15) is 9.59 Å². The molecule has 0 bridgehead atoms. The van der Waals surface area contributed by atoms with Crippen molar-refractivity contribution in [1.82, 2.24) is 9.55 Å². The van der Waals surface area contributed by atoms with E-state index in [0.29, 0.717) is 16.1 Å². The number of nitrogens with one attached hydrogen (secondary N) is 1. The van der Waals surface area contributed by atoms with Gasteiger partial charge in [0.1, 0.15) is 0 Å². The first-order valence-electron chi connectivity index (χ1n) is 8.59. The largest absolute Gasteiger partial charge is 0.325 e. The maximum absolute atomic E-state index is 12.9. The molecule has 6 heteroatoms. The van der Waals surface area contributed by atoms with Crippen LogP contribution in [-0.2, 0) is 4.79 Å².